The standard InChI is InChI=1S/C34H23ClF3N5O4S/c1-16-12-23(31-30(40-16)25(15-48-31)33(45)46)22-13-21(35)8-9-26(22)47-11-10-43-18(3)42-28-17(2)41-29(24(14-39)27(28)32(43)44)19-4-6-20(7-5-19)34(36,37)38/h4-9,12-13,15H,10-11H2,1-3H3,(H,45,46). The average molecular weight is 690 g/mol. The van der Waals surface area contributed by atoms with E-state index in [1.54, 1.807) is 39.0 Å². The van der Waals surface area contributed by atoms with Crippen molar-refractivity contribution in [2.45, 2.75) is 33.5 Å². The summed E-state index contributed by atoms with van der Waals surface area (Å²) in [5, 5.41) is 21.7. The van der Waals surface area contributed by atoms with Crippen LogP contribution >= 0.6 is 22.9 Å². The first-order valence-corrected chi connectivity index (χ1v) is 15.6. The summed E-state index contributed by atoms with van der Waals surface area (Å²) in [5.41, 5.74) is 1.73. The maximum atomic E-state index is 13.9. The van der Waals surface area contributed by atoms with Crippen LogP contribution in [0.1, 0.15) is 38.7 Å². The average Bonchev–Trinajstić information content (AvgIpc) is 3.47. The predicted molar refractivity (Wildman–Crippen MR) is 176 cm³/mol. The zero-order chi connectivity index (χ0) is 34.5. The number of nitriles is 1. The zero-order valence-corrected chi connectivity index (χ0v) is 27.0. The van der Waals surface area contributed by atoms with Crippen molar-refractivity contribution in [1.82, 2.24) is 19.5 Å². The molecule has 0 unspecified atom stereocenters. The van der Waals surface area contributed by atoms with Crippen molar-refractivity contribution in [2.75, 3.05) is 6.61 Å². The van der Waals surface area contributed by atoms with E-state index in [-0.39, 0.29) is 46.4 Å². The Morgan fingerprint density at radius 2 is 1.77 bits per heavy atom. The molecule has 0 aliphatic carbocycles. The molecule has 14 heteroatoms. The molecule has 0 atom stereocenters. The van der Waals surface area contributed by atoms with E-state index in [1.807, 2.05) is 12.1 Å². The molecule has 6 rings (SSSR count). The summed E-state index contributed by atoms with van der Waals surface area (Å²) in [4.78, 5) is 39.2. The molecular formula is C34H23ClF3N5O4S. The van der Waals surface area contributed by atoms with Gasteiger partial charge in [0.2, 0.25) is 0 Å². The number of nitrogens with zero attached hydrogens (tertiary/aromatic N) is 5. The van der Waals surface area contributed by atoms with Gasteiger partial charge in [-0.25, -0.2) is 14.8 Å². The minimum atomic E-state index is -4.54. The highest BCUT2D eigenvalue weighted by molar-refractivity contribution is 7.18. The van der Waals surface area contributed by atoms with Crippen LogP contribution in [0.25, 0.3) is 43.5 Å². The van der Waals surface area contributed by atoms with Crippen LogP contribution in [-0.2, 0) is 12.7 Å². The molecule has 4 aromatic heterocycles. The van der Waals surface area contributed by atoms with E-state index in [2.05, 4.69) is 15.0 Å². The largest absolute Gasteiger partial charge is 0.491 e. The van der Waals surface area contributed by atoms with Gasteiger partial charge in [0.15, 0.2) is 0 Å². The number of carboxylic acids is 1. The third-order valence-corrected chi connectivity index (χ3v) is 8.99. The lowest BCUT2D eigenvalue weighted by Gasteiger charge is -2.16. The Morgan fingerprint density at radius 1 is 1.04 bits per heavy atom. The molecule has 0 radical (unpaired) electrons. The molecule has 0 fully saturated rings. The molecule has 0 saturated carbocycles. The lowest BCUT2D eigenvalue weighted by atomic mass is 10.0. The first-order valence-electron chi connectivity index (χ1n) is 14.3. The number of thiophene rings is 1. The highest BCUT2D eigenvalue weighted by Crippen LogP contribution is 2.40. The van der Waals surface area contributed by atoms with Gasteiger partial charge in [-0.1, -0.05) is 23.7 Å². The van der Waals surface area contributed by atoms with Gasteiger partial charge in [-0.05, 0) is 57.2 Å². The molecule has 0 aliphatic rings. The summed E-state index contributed by atoms with van der Waals surface area (Å²) in [6.45, 7) is 5.04. The summed E-state index contributed by atoms with van der Waals surface area (Å²) in [6, 6.07) is 13.1. The van der Waals surface area contributed by atoms with Crippen LogP contribution in [0.4, 0.5) is 13.2 Å². The molecule has 4 heterocycles. The van der Waals surface area contributed by atoms with Crippen molar-refractivity contribution in [2.24, 2.45) is 0 Å². The van der Waals surface area contributed by atoms with Gasteiger partial charge in [-0.2, -0.15) is 18.4 Å². The minimum absolute atomic E-state index is 0.000682. The maximum Gasteiger partial charge on any atom is 0.416 e. The number of carboxylic acid groups (broad SMARTS) is 1. The smallest absolute Gasteiger partial charge is 0.416 e. The summed E-state index contributed by atoms with van der Waals surface area (Å²) in [5.74, 6) is -0.317. The quantitative estimate of drug-likeness (QED) is 0.179. The molecule has 242 valence electrons. The number of rotatable bonds is 7. The van der Waals surface area contributed by atoms with Gasteiger partial charge < -0.3 is 9.84 Å². The molecule has 9 nitrogen and oxygen atoms in total. The summed E-state index contributed by atoms with van der Waals surface area (Å²) in [7, 11) is 0. The number of halogens is 4. The molecular weight excluding hydrogens is 667 g/mol. The Labute approximate surface area is 279 Å². The van der Waals surface area contributed by atoms with E-state index in [1.165, 1.54) is 33.4 Å². The predicted octanol–water partition coefficient (Wildman–Crippen LogP) is 7.98. The van der Waals surface area contributed by atoms with Gasteiger partial charge in [0.1, 0.15) is 29.8 Å². The number of hydrogen-bond acceptors (Lipinski definition) is 8. The summed E-state index contributed by atoms with van der Waals surface area (Å²) >= 11 is 7.61. The summed E-state index contributed by atoms with van der Waals surface area (Å²) in [6.07, 6.45) is -4.54. The van der Waals surface area contributed by atoms with Crippen molar-refractivity contribution in [3.05, 3.63) is 103 Å². The lowest BCUT2D eigenvalue weighted by Crippen LogP contribution is -2.27. The highest BCUT2D eigenvalue weighted by atomic mass is 35.5. The zero-order valence-electron chi connectivity index (χ0n) is 25.4. The van der Waals surface area contributed by atoms with Gasteiger partial charge in [0, 0.05) is 32.8 Å². The molecule has 0 aliphatic heterocycles. The minimum Gasteiger partial charge on any atom is -0.491 e. The fraction of sp³-hybridized carbons (Fsp3) is 0.176. The first-order chi connectivity index (χ1) is 22.8. The molecule has 6 aromatic rings. The van der Waals surface area contributed by atoms with Crippen molar-refractivity contribution in [3.63, 3.8) is 0 Å². The van der Waals surface area contributed by atoms with Crippen molar-refractivity contribution in [3.8, 4) is 34.2 Å². The van der Waals surface area contributed by atoms with E-state index in [9.17, 15) is 33.1 Å². The van der Waals surface area contributed by atoms with Gasteiger partial charge >= 0.3 is 12.1 Å². The number of pyridine rings is 2. The van der Waals surface area contributed by atoms with Gasteiger partial charge in [-0.15, -0.1) is 11.3 Å². The molecule has 0 spiro atoms. The van der Waals surface area contributed by atoms with E-state index < -0.39 is 23.3 Å². The van der Waals surface area contributed by atoms with E-state index in [4.69, 9.17) is 16.3 Å². The molecule has 1 N–H and O–H groups in total. The molecule has 48 heavy (non-hydrogen) atoms. The Bertz CT molecular complexity index is 2380. The Balaban J connectivity index is 1.37. The van der Waals surface area contributed by atoms with Gasteiger partial charge in [0.25, 0.3) is 5.56 Å². The number of aromatic carboxylic acids is 1. The van der Waals surface area contributed by atoms with Crippen LogP contribution < -0.4 is 10.3 Å². The number of carbonyl (C=O) groups is 1. The second-order valence-corrected chi connectivity index (χ2v) is 12.2. The van der Waals surface area contributed by atoms with Crippen LogP contribution in [0.2, 0.25) is 5.02 Å². The fourth-order valence-electron chi connectivity index (χ4n) is 5.52. The fourth-order valence-corrected chi connectivity index (χ4v) is 6.70. The molecule has 0 amide bonds. The van der Waals surface area contributed by atoms with Crippen LogP contribution in [0.15, 0.2) is 58.7 Å². The van der Waals surface area contributed by atoms with E-state index in [0.29, 0.717) is 49.3 Å². The Morgan fingerprint density at radius 3 is 2.44 bits per heavy atom. The van der Waals surface area contributed by atoms with E-state index in [0.717, 1.165) is 12.1 Å². The van der Waals surface area contributed by atoms with Crippen molar-refractivity contribution < 1.29 is 27.8 Å². The molecule has 0 saturated heterocycles. The van der Waals surface area contributed by atoms with Crippen LogP contribution in [0.3, 0.4) is 0 Å². The number of alkyl halides is 3. The van der Waals surface area contributed by atoms with Gasteiger partial charge in [0.05, 0.1) is 50.2 Å². The normalized spacial score (nSPS) is 11.6. The Kier molecular flexibility index (Phi) is 8.40. The van der Waals surface area contributed by atoms with Gasteiger partial charge in [-0.3, -0.25) is 14.3 Å². The maximum absolute atomic E-state index is 13.9. The number of ether oxygens (including phenoxy) is 1. The molecule has 0 bridgehead atoms. The van der Waals surface area contributed by atoms with Crippen LogP contribution in [-0.4, -0.2) is 37.2 Å². The number of hydrogen-bond donors (Lipinski definition) is 1. The van der Waals surface area contributed by atoms with E-state index >= 15 is 0 Å². The third-order valence-electron chi connectivity index (χ3n) is 7.75. The first kappa shape index (κ1) is 32.6. The topological polar surface area (TPSA) is 131 Å². The number of benzene rings is 2. The van der Waals surface area contributed by atoms with Crippen molar-refractivity contribution >= 4 is 50.0 Å². The summed E-state index contributed by atoms with van der Waals surface area (Å²) < 4.78 is 47.7. The third kappa shape index (κ3) is 5.85. The molecule has 2 aromatic carbocycles. The lowest BCUT2D eigenvalue weighted by molar-refractivity contribution is -0.137. The SMILES string of the molecule is Cc1cc(-c2cc(Cl)ccc2OCCn2c(C)nc3c(C)nc(-c4ccc(C(F)(F)F)cc4)c(C#N)c3c2=O)c2scc(C(=O)O)c2n1. The highest BCUT2D eigenvalue weighted by Gasteiger charge is 2.30. The number of fused-ring (bicyclic) bond motifs is 2. The Hall–Kier alpha value is -5.32. The second-order valence-electron chi connectivity index (χ2n) is 10.9. The monoisotopic (exact) mass is 689 g/mol. The van der Waals surface area contributed by atoms with Crippen molar-refractivity contribution in [1.29, 1.82) is 5.26 Å². The van der Waals surface area contributed by atoms with Crippen LogP contribution in [0.5, 0.6) is 5.75 Å². The number of aromatic nitrogens is 4. The second kappa shape index (κ2) is 12.4. The van der Waals surface area contributed by atoms with Crippen LogP contribution in [0, 0.1) is 32.1 Å². The number of aryl methyl sites for hydroxylation is 3.